The molecule has 1 aliphatic rings. The number of aromatic nitrogens is 3. The van der Waals surface area contributed by atoms with Gasteiger partial charge >= 0.3 is 0 Å². The first kappa shape index (κ1) is 19.4. The van der Waals surface area contributed by atoms with Crippen molar-refractivity contribution >= 4 is 22.8 Å². The van der Waals surface area contributed by atoms with Crippen LogP contribution in [0.15, 0.2) is 42.6 Å². The Morgan fingerprint density at radius 2 is 1.86 bits per heavy atom. The second-order valence-corrected chi connectivity index (χ2v) is 7.66. The van der Waals surface area contributed by atoms with E-state index in [1.165, 1.54) is 25.7 Å². The smallest absolute Gasteiger partial charge is 0.240 e. The normalized spacial score (nSPS) is 14.7. The molecular weight excluding hydrogens is 362 g/mol. The Bertz CT molecular complexity index is 955. The minimum atomic E-state index is -0.0144. The van der Waals surface area contributed by atoms with Crippen LogP contribution in [0, 0.1) is 0 Å². The highest BCUT2D eigenvalue weighted by molar-refractivity contribution is 5.81. The maximum absolute atomic E-state index is 12.6. The van der Waals surface area contributed by atoms with E-state index in [0.717, 1.165) is 47.7 Å². The van der Waals surface area contributed by atoms with E-state index < -0.39 is 0 Å². The minimum absolute atomic E-state index is 0.0144. The van der Waals surface area contributed by atoms with Gasteiger partial charge in [-0.05, 0) is 36.6 Å². The standard InChI is InChI=1S/C23H29N5O/c1-2-21-26-19-9-5-6-10-20(19)28(21)17-23(29)25-16-18-11-12-22(24-15-18)27-13-7-3-4-8-14-27/h5-6,9-12,15H,2-4,7-8,13-14,16-17H2,1H3,(H,25,29). The molecule has 0 atom stereocenters. The number of benzene rings is 1. The van der Waals surface area contributed by atoms with Gasteiger partial charge in [0.05, 0.1) is 11.0 Å². The van der Waals surface area contributed by atoms with E-state index >= 15 is 0 Å². The Balaban J connectivity index is 1.36. The van der Waals surface area contributed by atoms with E-state index in [-0.39, 0.29) is 12.5 Å². The van der Waals surface area contributed by atoms with Crippen LogP contribution < -0.4 is 10.2 Å². The van der Waals surface area contributed by atoms with Crippen LogP contribution in [0.3, 0.4) is 0 Å². The van der Waals surface area contributed by atoms with Gasteiger partial charge in [0.25, 0.3) is 0 Å². The molecule has 6 heteroatoms. The quantitative estimate of drug-likeness (QED) is 0.696. The zero-order valence-electron chi connectivity index (χ0n) is 17.1. The predicted octanol–water partition coefficient (Wildman–Crippen LogP) is 3.69. The fourth-order valence-electron chi connectivity index (χ4n) is 3.98. The Morgan fingerprint density at radius 1 is 1.07 bits per heavy atom. The molecule has 152 valence electrons. The van der Waals surface area contributed by atoms with Crippen molar-refractivity contribution in [1.29, 1.82) is 0 Å². The average Bonchev–Trinajstić information content (AvgIpc) is 2.92. The second-order valence-electron chi connectivity index (χ2n) is 7.66. The van der Waals surface area contributed by atoms with E-state index in [2.05, 4.69) is 39.2 Å². The van der Waals surface area contributed by atoms with Gasteiger partial charge < -0.3 is 14.8 Å². The second kappa shape index (κ2) is 9.07. The van der Waals surface area contributed by atoms with Gasteiger partial charge in [-0.25, -0.2) is 9.97 Å². The van der Waals surface area contributed by atoms with E-state index in [1.54, 1.807) is 0 Å². The molecule has 0 saturated carbocycles. The fourth-order valence-corrected chi connectivity index (χ4v) is 3.98. The highest BCUT2D eigenvalue weighted by Gasteiger charge is 2.13. The third kappa shape index (κ3) is 4.58. The molecule has 0 aliphatic carbocycles. The zero-order valence-corrected chi connectivity index (χ0v) is 17.1. The number of fused-ring (bicyclic) bond motifs is 1. The maximum atomic E-state index is 12.6. The van der Waals surface area contributed by atoms with E-state index in [1.807, 2.05) is 35.0 Å². The molecule has 1 N–H and O–H groups in total. The molecule has 0 bridgehead atoms. The van der Waals surface area contributed by atoms with E-state index in [9.17, 15) is 4.79 Å². The van der Waals surface area contributed by atoms with Crippen LogP contribution in [0.25, 0.3) is 11.0 Å². The van der Waals surface area contributed by atoms with Gasteiger partial charge in [-0.1, -0.05) is 38.0 Å². The zero-order chi connectivity index (χ0) is 20.1. The molecule has 1 aromatic carbocycles. The van der Waals surface area contributed by atoms with Crippen molar-refractivity contribution in [2.75, 3.05) is 18.0 Å². The Morgan fingerprint density at radius 3 is 2.59 bits per heavy atom. The van der Waals surface area contributed by atoms with Crippen LogP contribution in [0.2, 0.25) is 0 Å². The van der Waals surface area contributed by atoms with Crippen molar-refractivity contribution in [2.24, 2.45) is 0 Å². The van der Waals surface area contributed by atoms with Gasteiger partial charge in [0.2, 0.25) is 5.91 Å². The molecule has 3 heterocycles. The molecule has 1 amide bonds. The van der Waals surface area contributed by atoms with Crippen LogP contribution >= 0.6 is 0 Å². The van der Waals surface area contributed by atoms with Gasteiger partial charge in [0.1, 0.15) is 18.2 Å². The summed E-state index contributed by atoms with van der Waals surface area (Å²) in [6.45, 7) is 5.00. The van der Waals surface area contributed by atoms with Crippen molar-refractivity contribution in [3.8, 4) is 0 Å². The lowest BCUT2D eigenvalue weighted by atomic mass is 10.2. The molecule has 1 fully saturated rings. The van der Waals surface area contributed by atoms with E-state index in [0.29, 0.717) is 6.54 Å². The van der Waals surface area contributed by atoms with Gasteiger partial charge in [-0.15, -0.1) is 0 Å². The lowest BCUT2D eigenvalue weighted by Gasteiger charge is -2.21. The number of carbonyl (C=O) groups is 1. The first-order valence-electron chi connectivity index (χ1n) is 10.7. The Hall–Kier alpha value is -2.89. The number of rotatable bonds is 6. The topological polar surface area (TPSA) is 63.1 Å². The summed E-state index contributed by atoms with van der Waals surface area (Å²) in [5.74, 6) is 1.96. The predicted molar refractivity (Wildman–Crippen MR) is 116 cm³/mol. The SMILES string of the molecule is CCc1nc2ccccc2n1CC(=O)NCc1ccc(N2CCCCCC2)nc1. The van der Waals surface area contributed by atoms with Gasteiger partial charge in [0, 0.05) is 32.3 Å². The number of nitrogens with zero attached hydrogens (tertiary/aromatic N) is 4. The fraction of sp³-hybridized carbons (Fsp3) is 0.435. The monoisotopic (exact) mass is 391 g/mol. The van der Waals surface area contributed by atoms with Crippen molar-refractivity contribution in [3.05, 3.63) is 54.0 Å². The van der Waals surface area contributed by atoms with Crippen LogP contribution in [0.1, 0.15) is 44.0 Å². The number of nitrogens with one attached hydrogen (secondary N) is 1. The van der Waals surface area contributed by atoms with Crippen LogP contribution in [0.5, 0.6) is 0 Å². The third-order valence-electron chi connectivity index (χ3n) is 5.58. The molecule has 4 rings (SSSR count). The number of anilines is 1. The Labute approximate surface area is 172 Å². The average molecular weight is 392 g/mol. The van der Waals surface area contributed by atoms with Crippen LogP contribution in [-0.2, 0) is 24.3 Å². The largest absolute Gasteiger partial charge is 0.357 e. The molecule has 0 unspecified atom stereocenters. The summed E-state index contributed by atoms with van der Waals surface area (Å²) in [6, 6.07) is 12.1. The summed E-state index contributed by atoms with van der Waals surface area (Å²) in [5.41, 5.74) is 2.96. The summed E-state index contributed by atoms with van der Waals surface area (Å²) < 4.78 is 2.01. The number of pyridine rings is 1. The number of aryl methyl sites for hydroxylation is 1. The van der Waals surface area contributed by atoms with Gasteiger partial charge in [0.15, 0.2) is 0 Å². The van der Waals surface area contributed by atoms with Crippen LogP contribution in [-0.4, -0.2) is 33.5 Å². The molecule has 0 radical (unpaired) electrons. The van der Waals surface area contributed by atoms with Crippen molar-refractivity contribution < 1.29 is 4.79 Å². The maximum Gasteiger partial charge on any atom is 0.240 e. The van der Waals surface area contributed by atoms with Crippen molar-refractivity contribution in [3.63, 3.8) is 0 Å². The molecule has 1 saturated heterocycles. The first-order chi connectivity index (χ1) is 14.2. The molecule has 3 aromatic rings. The number of hydrogen-bond donors (Lipinski definition) is 1. The van der Waals surface area contributed by atoms with Crippen molar-refractivity contribution in [1.82, 2.24) is 19.9 Å². The number of para-hydroxylation sites is 2. The summed E-state index contributed by atoms with van der Waals surface area (Å²) in [6.07, 6.45) is 7.78. The third-order valence-corrected chi connectivity index (χ3v) is 5.58. The van der Waals surface area contributed by atoms with Crippen LogP contribution in [0.4, 0.5) is 5.82 Å². The molecule has 6 nitrogen and oxygen atoms in total. The summed E-state index contributed by atoms with van der Waals surface area (Å²) in [7, 11) is 0. The first-order valence-corrected chi connectivity index (χ1v) is 10.7. The number of imidazole rings is 1. The highest BCUT2D eigenvalue weighted by atomic mass is 16.1. The van der Waals surface area contributed by atoms with Gasteiger partial charge in [-0.2, -0.15) is 0 Å². The molecule has 2 aromatic heterocycles. The lowest BCUT2D eigenvalue weighted by molar-refractivity contribution is -0.121. The summed E-state index contributed by atoms with van der Waals surface area (Å²) in [4.78, 5) is 24.2. The van der Waals surface area contributed by atoms with Gasteiger partial charge in [-0.3, -0.25) is 4.79 Å². The number of carbonyl (C=O) groups excluding carboxylic acids is 1. The Kier molecular flexibility index (Phi) is 6.08. The summed E-state index contributed by atoms with van der Waals surface area (Å²) >= 11 is 0. The number of amides is 1. The highest BCUT2D eigenvalue weighted by Crippen LogP contribution is 2.18. The van der Waals surface area contributed by atoms with E-state index in [4.69, 9.17) is 0 Å². The molecule has 1 aliphatic heterocycles. The lowest BCUT2D eigenvalue weighted by Crippen LogP contribution is -2.28. The minimum Gasteiger partial charge on any atom is -0.357 e. The number of hydrogen-bond acceptors (Lipinski definition) is 4. The molecular formula is C23H29N5O. The summed E-state index contributed by atoms with van der Waals surface area (Å²) in [5, 5.41) is 3.02. The molecule has 0 spiro atoms. The van der Waals surface area contributed by atoms with Crippen molar-refractivity contribution in [2.45, 2.75) is 52.1 Å². The molecule has 29 heavy (non-hydrogen) atoms.